The Morgan fingerprint density at radius 2 is 2.11 bits per heavy atom. The Morgan fingerprint density at radius 3 is 2.72 bits per heavy atom. The molecule has 2 N–H and O–H groups in total. The maximum atomic E-state index is 13.8. The van der Waals surface area contributed by atoms with Gasteiger partial charge in [0.05, 0.1) is 13.2 Å². The zero-order valence-electron chi connectivity index (χ0n) is 11.2. The Labute approximate surface area is 108 Å². The van der Waals surface area contributed by atoms with E-state index in [-0.39, 0.29) is 18.0 Å². The third-order valence-electron chi connectivity index (χ3n) is 2.92. The molecule has 0 spiro atoms. The van der Waals surface area contributed by atoms with Gasteiger partial charge in [0.25, 0.3) is 0 Å². The van der Waals surface area contributed by atoms with E-state index in [0.717, 1.165) is 19.4 Å². The highest BCUT2D eigenvalue weighted by atomic mass is 19.1. The molecule has 18 heavy (non-hydrogen) atoms. The SMILES string of the molecule is COc1cccc(F)c1C(C)NCCCC(C)O. The third kappa shape index (κ3) is 4.27. The normalized spacial score (nSPS) is 14.3. The van der Waals surface area contributed by atoms with Crippen molar-refractivity contribution >= 4 is 0 Å². The molecule has 0 amide bonds. The number of rotatable bonds is 7. The second kappa shape index (κ2) is 7.34. The lowest BCUT2D eigenvalue weighted by Crippen LogP contribution is -2.22. The second-order valence-electron chi connectivity index (χ2n) is 4.52. The number of benzene rings is 1. The molecule has 2 atom stereocenters. The fourth-order valence-corrected chi connectivity index (χ4v) is 1.93. The minimum atomic E-state index is -0.287. The third-order valence-corrected chi connectivity index (χ3v) is 2.92. The first kappa shape index (κ1) is 14.9. The fourth-order valence-electron chi connectivity index (χ4n) is 1.93. The maximum Gasteiger partial charge on any atom is 0.131 e. The number of aliphatic hydroxyl groups excluding tert-OH is 1. The molecule has 102 valence electrons. The molecule has 0 aliphatic rings. The largest absolute Gasteiger partial charge is 0.496 e. The number of ether oxygens (including phenoxy) is 1. The monoisotopic (exact) mass is 255 g/mol. The molecular formula is C14H22FNO2. The summed E-state index contributed by atoms with van der Waals surface area (Å²) in [5.74, 6) is 0.301. The van der Waals surface area contributed by atoms with Crippen LogP contribution in [-0.4, -0.2) is 24.9 Å². The molecule has 1 aromatic carbocycles. The lowest BCUT2D eigenvalue weighted by atomic mass is 10.1. The molecule has 2 unspecified atom stereocenters. The summed E-state index contributed by atoms with van der Waals surface area (Å²) in [6, 6.07) is 4.71. The predicted molar refractivity (Wildman–Crippen MR) is 70.3 cm³/mol. The Morgan fingerprint density at radius 1 is 1.39 bits per heavy atom. The van der Waals surface area contributed by atoms with Crippen LogP contribution in [0.4, 0.5) is 4.39 Å². The van der Waals surface area contributed by atoms with E-state index in [2.05, 4.69) is 5.32 Å². The van der Waals surface area contributed by atoms with Gasteiger partial charge >= 0.3 is 0 Å². The van der Waals surface area contributed by atoms with Crippen LogP contribution in [0.3, 0.4) is 0 Å². The van der Waals surface area contributed by atoms with Crippen LogP contribution in [0.25, 0.3) is 0 Å². The highest BCUT2D eigenvalue weighted by molar-refractivity contribution is 5.36. The van der Waals surface area contributed by atoms with Gasteiger partial charge in [-0.3, -0.25) is 0 Å². The molecule has 0 saturated carbocycles. The van der Waals surface area contributed by atoms with Crippen molar-refractivity contribution in [3.63, 3.8) is 0 Å². The van der Waals surface area contributed by atoms with Gasteiger partial charge < -0.3 is 15.2 Å². The average Bonchev–Trinajstić information content (AvgIpc) is 2.33. The van der Waals surface area contributed by atoms with E-state index in [4.69, 9.17) is 9.84 Å². The van der Waals surface area contributed by atoms with Gasteiger partial charge in [-0.15, -0.1) is 0 Å². The average molecular weight is 255 g/mol. The van der Waals surface area contributed by atoms with Crippen LogP contribution >= 0.6 is 0 Å². The molecule has 0 radical (unpaired) electrons. The van der Waals surface area contributed by atoms with E-state index in [9.17, 15) is 4.39 Å². The van der Waals surface area contributed by atoms with Crippen molar-refractivity contribution in [1.82, 2.24) is 5.32 Å². The molecule has 1 aromatic rings. The molecule has 0 bridgehead atoms. The van der Waals surface area contributed by atoms with Crippen LogP contribution in [0.15, 0.2) is 18.2 Å². The first-order valence-corrected chi connectivity index (χ1v) is 6.30. The van der Waals surface area contributed by atoms with Gasteiger partial charge in [0.15, 0.2) is 0 Å². The van der Waals surface area contributed by atoms with Crippen LogP contribution in [-0.2, 0) is 0 Å². The summed E-state index contributed by atoms with van der Waals surface area (Å²) in [6.45, 7) is 4.41. The van der Waals surface area contributed by atoms with Gasteiger partial charge in [-0.1, -0.05) is 6.07 Å². The Kier molecular flexibility index (Phi) is 6.09. The van der Waals surface area contributed by atoms with Gasteiger partial charge in [-0.25, -0.2) is 4.39 Å². The molecule has 0 aliphatic carbocycles. The summed E-state index contributed by atoms with van der Waals surface area (Å²) in [5, 5.41) is 12.4. The van der Waals surface area contributed by atoms with Crippen molar-refractivity contribution in [1.29, 1.82) is 0 Å². The first-order chi connectivity index (χ1) is 8.56. The zero-order chi connectivity index (χ0) is 13.5. The van der Waals surface area contributed by atoms with E-state index in [0.29, 0.717) is 11.3 Å². The van der Waals surface area contributed by atoms with Crippen LogP contribution < -0.4 is 10.1 Å². The molecule has 0 fully saturated rings. The quantitative estimate of drug-likeness (QED) is 0.736. The van der Waals surface area contributed by atoms with Crippen LogP contribution in [0.5, 0.6) is 5.75 Å². The Balaban J connectivity index is 2.58. The summed E-state index contributed by atoms with van der Waals surface area (Å²) in [4.78, 5) is 0. The summed E-state index contributed by atoms with van der Waals surface area (Å²) in [5.41, 5.74) is 0.553. The number of aliphatic hydroxyl groups is 1. The highest BCUT2D eigenvalue weighted by Gasteiger charge is 2.15. The summed E-state index contributed by atoms with van der Waals surface area (Å²) in [6.07, 6.45) is 1.32. The molecule has 0 aliphatic heterocycles. The minimum absolute atomic E-state index is 0.116. The van der Waals surface area contributed by atoms with Crippen LogP contribution in [0.2, 0.25) is 0 Å². The van der Waals surface area contributed by atoms with Crippen molar-refractivity contribution < 1.29 is 14.2 Å². The van der Waals surface area contributed by atoms with Crippen molar-refractivity contribution in [3.8, 4) is 5.75 Å². The Hall–Kier alpha value is -1.13. The number of halogens is 1. The van der Waals surface area contributed by atoms with E-state index < -0.39 is 0 Å². The van der Waals surface area contributed by atoms with E-state index in [1.54, 1.807) is 26.2 Å². The zero-order valence-corrected chi connectivity index (χ0v) is 11.2. The van der Waals surface area contributed by atoms with Crippen molar-refractivity contribution in [2.75, 3.05) is 13.7 Å². The number of methoxy groups -OCH3 is 1. The van der Waals surface area contributed by atoms with Gasteiger partial charge in [-0.2, -0.15) is 0 Å². The van der Waals surface area contributed by atoms with Gasteiger partial charge in [-0.05, 0) is 45.4 Å². The molecule has 0 heterocycles. The lowest BCUT2D eigenvalue weighted by molar-refractivity contribution is 0.181. The van der Waals surface area contributed by atoms with Crippen molar-refractivity contribution in [3.05, 3.63) is 29.6 Å². The number of nitrogens with one attached hydrogen (secondary N) is 1. The molecule has 0 aromatic heterocycles. The summed E-state index contributed by atoms with van der Waals surface area (Å²) < 4.78 is 18.9. The standard InChI is InChI=1S/C14H22FNO2/c1-10(17)6-5-9-16-11(2)14-12(15)7-4-8-13(14)18-3/h4,7-8,10-11,16-17H,5-6,9H2,1-3H3. The lowest BCUT2D eigenvalue weighted by Gasteiger charge is -2.18. The number of hydrogen-bond acceptors (Lipinski definition) is 3. The van der Waals surface area contributed by atoms with Crippen LogP contribution in [0.1, 0.15) is 38.3 Å². The number of hydrogen-bond donors (Lipinski definition) is 2. The molecule has 1 rings (SSSR count). The highest BCUT2D eigenvalue weighted by Crippen LogP contribution is 2.27. The minimum Gasteiger partial charge on any atom is -0.496 e. The molecule has 0 saturated heterocycles. The fraction of sp³-hybridized carbons (Fsp3) is 0.571. The first-order valence-electron chi connectivity index (χ1n) is 6.30. The predicted octanol–water partition coefficient (Wildman–Crippen LogP) is 2.65. The van der Waals surface area contributed by atoms with E-state index >= 15 is 0 Å². The topological polar surface area (TPSA) is 41.5 Å². The van der Waals surface area contributed by atoms with Gasteiger partial charge in [0.1, 0.15) is 11.6 Å². The van der Waals surface area contributed by atoms with E-state index in [1.165, 1.54) is 6.07 Å². The maximum absolute atomic E-state index is 13.8. The van der Waals surface area contributed by atoms with E-state index in [1.807, 2.05) is 6.92 Å². The van der Waals surface area contributed by atoms with Crippen molar-refractivity contribution in [2.45, 2.75) is 38.8 Å². The van der Waals surface area contributed by atoms with Crippen LogP contribution in [0, 0.1) is 5.82 Å². The smallest absolute Gasteiger partial charge is 0.131 e. The van der Waals surface area contributed by atoms with Gasteiger partial charge in [0.2, 0.25) is 0 Å². The molecule has 3 nitrogen and oxygen atoms in total. The molecular weight excluding hydrogens is 233 g/mol. The second-order valence-corrected chi connectivity index (χ2v) is 4.52. The van der Waals surface area contributed by atoms with Crippen molar-refractivity contribution in [2.24, 2.45) is 0 Å². The summed E-state index contributed by atoms with van der Waals surface area (Å²) >= 11 is 0. The molecule has 4 heteroatoms. The van der Waals surface area contributed by atoms with Gasteiger partial charge in [0, 0.05) is 11.6 Å². The summed E-state index contributed by atoms with van der Waals surface area (Å²) in [7, 11) is 1.54. The Bertz CT molecular complexity index is 369.